The van der Waals surface area contributed by atoms with Gasteiger partial charge in [0, 0.05) is 49.5 Å². The van der Waals surface area contributed by atoms with Crippen molar-refractivity contribution < 1.29 is 9.59 Å². The van der Waals surface area contributed by atoms with Crippen LogP contribution < -0.4 is 10.2 Å². The lowest BCUT2D eigenvalue weighted by Gasteiger charge is -2.36. The van der Waals surface area contributed by atoms with Crippen LogP contribution in [0.15, 0.2) is 48.5 Å². The molecule has 0 aromatic heterocycles. The van der Waals surface area contributed by atoms with E-state index in [1.807, 2.05) is 53.4 Å². The minimum atomic E-state index is 0.0790. The van der Waals surface area contributed by atoms with Crippen LogP contribution in [-0.2, 0) is 11.2 Å². The van der Waals surface area contributed by atoms with Crippen molar-refractivity contribution in [2.45, 2.75) is 46.0 Å². The first-order valence-corrected chi connectivity index (χ1v) is 11.1. The average Bonchev–Trinajstić information content (AvgIpc) is 2.79. The Kier molecular flexibility index (Phi) is 7.89. The molecular formula is C25H33N3O2. The fourth-order valence-electron chi connectivity index (χ4n) is 3.75. The Morgan fingerprint density at radius 1 is 0.867 bits per heavy atom. The maximum Gasteiger partial charge on any atom is 0.253 e. The van der Waals surface area contributed by atoms with Gasteiger partial charge in [0.05, 0.1) is 0 Å². The maximum atomic E-state index is 12.8. The summed E-state index contributed by atoms with van der Waals surface area (Å²) < 4.78 is 0. The average molecular weight is 408 g/mol. The van der Waals surface area contributed by atoms with Crippen LogP contribution in [-0.4, -0.2) is 42.9 Å². The van der Waals surface area contributed by atoms with Crippen molar-refractivity contribution in [3.8, 4) is 0 Å². The standard InChI is InChI=1S/C25H33N3O2/c1-3-5-6-7-24(29)26-22-12-14-23(15-13-22)27-16-18-28(19-17-27)25(30)21-10-8-20(4-2)9-11-21/h8-15H,3-7,16-19H2,1-2H3,(H,26,29). The molecule has 1 N–H and O–H groups in total. The van der Waals surface area contributed by atoms with Crippen LogP contribution in [0.4, 0.5) is 11.4 Å². The lowest BCUT2D eigenvalue weighted by Crippen LogP contribution is -2.48. The molecule has 0 radical (unpaired) electrons. The number of amides is 2. The third-order valence-corrected chi connectivity index (χ3v) is 5.70. The second-order valence-corrected chi connectivity index (χ2v) is 7.88. The quantitative estimate of drug-likeness (QED) is 0.644. The molecule has 2 amide bonds. The third-order valence-electron chi connectivity index (χ3n) is 5.70. The van der Waals surface area contributed by atoms with E-state index < -0.39 is 0 Å². The largest absolute Gasteiger partial charge is 0.368 e. The Labute approximate surface area is 180 Å². The first-order valence-electron chi connectivity index (χ1n) is 11.1. The molecule has 5 heteroatoms. The van der Waals surface area contributed by atoms with Gasteiger partial charge in [0.15, 0.2) is 0 Å². The van der Waals surface area contributed by atoms with Crippen molar-refractivity contribution in [2.24, 2.45) is 0 Å². The fourth-order valence-corrected chi connectivity index (χ4v) is 3.75. The van der Waals surface area contributed by atoms with Gasteiger partial charge in [-0.25, -0.2) is 0 Å². The highest BCUT2D eigenvalue weighted by atomic mass is 16.2. The molecule has 3 rings (SSSR count). The Morgan fingerprint density at radius 2 is 1.53 bits per heavy atom. The van der Waals surface area contributed by atoms with Crippen molar-refractivity contribution in [3.05, 3.63) is 59.7 Å². The van der Waals surface area contributed by atoms with Crippen LogP contribution in [0.3, 0.4) is 0 Å². The molecule has 2 aromatic rings. The van der Waals surface area contributed by atoms with E-state index in [2.05, 4.69) is 24.1 Å². The highest BCUT2D eigenvalue weighted by Gasteiger charge is 2.22. The van der Waals surface area contributed by atoms with Crippen molar-refractivity contribution in [1.29, 1.82) is 0 Å². The summed E-state index contributed by atoms with van der Waals surface area (Å²) >= 11 is 0. The molecule has 160 valence electrons. The molecule has 1 aliphatic rings. The number of carbonyl (C=O) groups is 2. The number of unbranched alkanes of at least 4 members (excludes halogenated alkanes) is 2. The van der Waals surface area contributed by atoms with E-state index in [1.54, 1.807) is 0 Å². The van der Waals surface area contributed by atoms with Crippen LogP contribution in [0.5, 0.6) is 0 Å². The van der Waals surface area contributed by atoms with E-state index in [1.165, 1.54) is 5.56 Å². The van der Waals surface area contributed by atoms with Gasteiger partial charge in [-0.05, 0) is 54.8 Å². The molecule has 30 heavy (non-hydrogen) atoms. The van der Waals surface area contributed by atoms with Crippen molar-refractivity contribution in [2.75, 3.05) is 36.4 Å². The van der Waals surface area contributed by atoms with Crippen molar-refractivity contribution in [1.82, 2.24) is 4.90 Å². The summed E-state index contributed by atoms with van der Waals surface area (Å²) in [6.45, 7) is 7.29. The second kappa shape index (κ2) is 10.8. The Morgan fingerprint density at radius 3 is 2.13 bits per heavy atom. The van der Waals surface area contributed by atoms with E-state index in [9.17, 15) is 9.59 Å². The number of piperazine rings is 1. The summed E-state index contributed by atoms with van der Waals surface area (Å²) in [5, 5.41) is 2.97. The molecule has 0 bridgehead atoms. The van der Waals surface area contributed by atoms with Crippen LogP contribution in [0.1, 0.15) is 55.5 Å². The summed E-state index contributed by atoms with van der Waals surface area (Å²) in [6.07, 6.45) is 4.70. The molecule has 0 saturated carbocycles. The highest BCUT2D eigenvalue weighted by molar-refractivity contribution is 5.94. The van der Waals surface area contributed by atoms with Crippen LogP contribution in [0.25, 0.3) is 0 Å². The molecule has 5 nitrogen and oxygen atoms in total. The molecule has 1 saturated heterocycles. The number of anilines is 2. The molecule has 0 aliphatic carbocycles. The first kappa shape index (κ1) is 21.9. The number of carbonyl (C=O) groups excluding carboxylic acids is 2. The Balaban J connectivity index is 1.49. The zero-order valence-corrected chi connectivity index (χ0v) is 18.2. The van der Waals surface area contributed by atoms with Gasteiger partial charge in [0.25, 0.3) is 5.91 Å². The summed E-state index contributed by atoms with van der Waals surface area (Å²) in [4.78, 5) is 28.9. The third kappa shape index (κ3) is 5.85. The lowest BCUT2D eigenvalue weighted by molar-refractivity contribution is -0.116. The van der Waals surface area contributed by atoms with Crippen LogP contribution >= 0.6 is 0 Å². The van der Waals surface area contributed by atoms with Crippen molar-refractivity contribution in [3.63, 3.8) is 0 Å². The number of nitrogens with one attached hydrogen (secondary N) is 1. The SMILES string of the molecule is CCCCCC(=O)Nc1ccc(N2CCN(C(=O)c3ccc(CC)cc3)CC2)cc1. The fraction of sp³-hybridized carbons (Fsp3) is 0.440. The van der Waals surface area contributed by atoms with E-state index >= 15 is 0 Å². The molecule has 1 aliphatic heterocycles. The molecule has 2 aromatic carbocycles. The zero-order valence-electron chi connectivity index (χ0n) is 18.2. The topological polar surface area (TPSA) is 52.7 Å². The molecule has 0 spiro atoms. The van der Waals surface area contributed by atoms with Gasteiger partial charge < -0.3 is 15.1 Å². The summed E-state index contributed by atoms with van der Waals surface area (Å²) in [7, 11) is 0. The van der Waals surface area contributed by atoms with Gasteiger partial charge in [0.2, 0.25) is 5.91 Å². The molecular weight excluding hydrogens is 374 g/mol. The van der Waals surface area contributed by atoms with E-state index in [-0.39, 0.29) is 11.8 Å². The van der Waals surface area contributed by atoms with E-state index in [0.717, 1.165) is 55.7 Å². The van der Waals surface area contributed by atoms with Crippen LogP contribution in [0.2, 0.25) is 0 Å². The number of hydrogen-bond donors (Lipinski definition) is 1. The lowest BCUT2D eigenvalue weighted by atomic mass is 10.1. The van der Waals surface area contributed by atoms with Gasteiger partial charge in [0.1, 0.15) is 0 Å². The Hall–Kier alpha value is -2.82. The number of rotatable bonds is 8. The van der Waals surface area contributed by atoms with Gasteiger partial charge >= 0.3 is 0 Å². The summed E-state index contributed by atoms with van der Waals surface area (Å²) in [5.74, 6) is 0.189. The summed E-state index contributed by atoms with van der Waals surface area (Å²) in [5.41, 5.74) is 3.97. The predicted octanol–water partition coefficient (Wildman–Crippen LogP) is 4.73. The van der Waals surface area contributed by atoms with Crippen LogP contribution in [0, 0.1) is 0 Å². The first-order chi connectivity index (χ1) is 14.6. The number of nitrogens with zero attached hydrogens (tertiary/aromatic N) is 2. The highest BCUT2D eigenvalue weighted by Crippen LogP contribution is 2.20. The van der Waals surface area contributed by atoms with Gasteiger partial charge in [-0.3, -0.25) is 9.59 Å². The number of benzene rings is 2. The molecule has 0 unspecified atom stereocenters. The van der Waals surface area contributed by atoms with E-state index in [4.69, 9.17) is 0 Å². The second-order valence-electron chi connectivity index (χ2n) is 7.88. The predicted molar refractivity (Wildman–Crippen MR) is 123 cm³/mol. The monoisotopic (exact) mass is 407 g/mol. The van der Waals surface area contributed by atoms with Gasteiger partial charge in [-0.15, -0.1) is 0 Å². The van der Waals surface area contributed by atoms with Crippen molar-refractivity contribution >= 4 is 23.2 Å². The van der Waals surface area contributed by atoms with Gasteiger partial charge in [-0.1, -0.05) is 38.8 Å². The molecule has 0 atom stereocenters. The van der Waals surface area contributed by atoms with Gasteiger partial charge in [-0.2, -0.15) is 0 Å². The summed E-state index contributed by atoms with van der Waals surface area (Å²) in [6, 6.07) is 15.9. The number of hydrogen-bond acceptors (Lipinski definition) is 3. The van der Waals surface area contributed by atoms with E-state index in [0.29, 0.717) is 19.5 Å². The molecule has 1 fully saturated rings. The smallest absolute Gasteiger partial charge is 0.253 e. The minimum absolute atomic E-state index is 0.0790. The molecule has 1 heterocycles. The minimum Gasteiger partial charge on any atom is -0.368 e. The maximum absolute atomic E-state index is 12.8. The normalized spacial score (nSPS) is 13.9. The Bertz CT molecular complexity index is 822. The zero-order chi connectivity index (χ0) is 21.3. The number of aryl methyl sites for hydroxylation is 1.